The Morgan fingerprint density at radius 3 is 2.53 bits per heavy atom. The average molecular weight is 258 g/mol. The standard InChI is InChI=1S/C16H19NO2/c1-18-15-8-5-6-13(10-15)11-17-12-14-7-3-4-9-16(14)19-2/h3-10,17H,11-12H2,1-2H3/p+1. The van der Waals surface area contributed by atoms with Gasteiger partial charge in [0, 0.05) is 11.1 Å². The zero-order chi connectivity index (χ0) is 13.5. The lowest BCUT2D eigenvalue weighted by Gasteiger charge is -2.08. The van der Waals surface area contributed by atoms with Gasteiger partial charge in [0.2, 0.25) is 0 Å². The van der Waals surface area contributed by atoms with E-state index in [2.05, 4.69) is 23.5 Å². The molecule has 0 saturated heterocycles. The first kappa shape index (κ1) is 13.4. The number of ether oxygens (including phenoxy) is 2. The van der Waals surface area contributed by atoms with Gasteiger partial charge < -0.3 is 14.8 Å². The summed E-state index contributed by atoms with van der Waals surface area (Å²) in [5.41, 5.74) is 2.47. The second-order valence-electron chi connectivity index (χ2n) is 4.36. The highest BCUT2D eigenvalue weighted by Gasteiger charge is 2.04. The quantitative estimate of drug-likeness (QED) is 0.859. The van der Waals surface area contributed by atoms with Gasteiger partial charge in [-0.25, -0.2) is 0 Å². The Hall–Kier alpha value is -2.00. The summed E-state index contributed by atoms with van der Waals surface area (Å²) >= 11 is 0. The fraction of sp³-hybridized carbons (Fsp3) is 0.250. The second-order valence-corrected chi connectivity index (χ2v) is 4.36. The first-order chi connectivity index (χ1) is 9.33. The molecule has 0 atom stereocenters. The zero-order valence-electron chi connectivity index (χ0n) is 11.4. The number of methoxy groups -OCH3 is 2. The van der Waals surface area contributed by atoms with Crippen LogP contribution in [-0.4, -0.2) is 14.2 Å². The molecule has 0 radical (unpaired) electrons. The third-order valence-corrected chi connectivity index (χ3v) is 3.07. The Balaban J connectivity index is 1.92. The molecule has 0 aliphatic rings. The van der Waals surface area contributed by atoms with Gasteiger partial charge in [-0.15, -0.1) is 0 Å². The zero-order valence-corrected chi connectivity index (χ0v) is 11.4. The molecule has 2 rings (SSSR count). The SMILES string of the molecule is COc1cccc(C[NH2+]Cc2ccccc2OC)c1. The molecule has 19 heavy (non-hydrogen) atoms. The number of hydrogen-bond acceptors (Lipinski definition) is 2. The van der Waals surface area contributed by atoms with E-state index in [4.69, 9.17) is 9.47 Å². The molecule has 100 valence electrons. The Morgan fingerprint density at radius 2 is 1.74 bits per heavy atom. The molecule has 2 N–H and O–H groups in total. The fourth-order valence-electron chi connectivity index (χ4n) is 2.07. The molecule has 0 unspecified atom stereocenters. The van der Waals surface area contributed by atoms with Crippen molar-refractivity contribution < 1.29 is 14.8 Å². The highest BCUT2D eigenvalue weighted by Crippen LogP contribution is 2.15. The molecule has 0 bridgehead atoms. The Morgan fingerprint density at radius 1 is 0.895 bits per heavy atom. The smallest absolute Gasteiger partial charge is 0.127 e. The van der Waals surface area contributed by atoms with Crippen molar-refractivity contribution in [1.82, 2.24) is 0 Å². The maximum absolute atomic E-state index is 5.34. The summed E-state index contributed by atoms with van der Waals surface area (Å²) in [6.45, 7) is 1.83. The van der Waals surface area contributed by atoms with Gasteiger partial charge in [0.15, 0.2) is 0 Å². The van der Waals surface area contributed by atoms with Crippen LogP contribution in [0, 0.1) is 0 Å². The number of para-hydroxylation sites is 1. The maximum Gasteiger partial charge on any atom is 0.127 e. The number of quaternary nitrogens is 1. The lowest BCUT2D eigenvalue weighted by Crippen LogP contribution is -2.80. The van der Waals surface area contributed by atoms with Gasteiger partial charge in [-0.05, 0) is 24.3 Å². The van der Waals surface area contributed by atoms with Crippen LogP contribution < -0.4 is 14.8 Å². The molecule has 3 nitrogen and oxygen atoms in total. The number of rotatable bonds is 6. The van der Waals surface area contributed by atoms with Crippen molar-refractivity contribution in [2.45, 2.75) is 13.1 Å². The fourth-order valence-corrected chi connectivity index (χ4v) is 2.07. The van der Waals surface area contributed by atoms with Crippen LogP contribution in [-0.2, 0) is 13.1 Å². The predicted octanol–water partition coefficient (Wildman–Crippen LogP) is 1.97. The summed E-state index contributed by atoms with van der Waals surface area (Å²) in [5, 5.41) is 2.26. The normalized spacial score (nSPS) is 10.2. The first-order valence-electron chi connectivity index (χ1n) is 6.40. The van der Waals surface area contributed by atoms with Gasteiger partial charge in [-0.2, -0.15) is 0 Å². The molecule has 0 spiro atoms. The molecule has 0 aliphatic heterocycles. The number of benzene rings is 2. The van der Waals surface area contributed by atoms with Crippen LogP contribution in [0.2, 0.25) is 0 Å². The first-order valence-corrected chi connectivity index (χ1v) is 6.40. The van der Waals surface area contributed by atoms with E-state index < -0.39 is 0 Å². The number of hydrogen-bond donors (Lipinski definition) is 1. The molecule has 2 aromatic carbocycles. The van der Waals surface area contributed by atoms with Crippen LogP contribution in [0.4, 0.5) is 0 Å². The van der Waals surface area contributed by atoms with Crippen LogP contribution in [0.15, 0.2) is 48.5 Å². The van der Waals surface area contributed by atoms with E-state index in [-0.39, 0.29) is 0 Å². The minimum atomic E-state index is 0.904. The van der Waals surface area contributed by atoms with Gasteiger partial charge in [-0.1, -0.05) is 24.3 Å². The van der Waals surface area contributed by atoms with Crippen molar-refractivity contribution in [3.05, 3.63) is 59.7 Å². The topological polar surface area (TPSA) is 35.1 Å². The van der Waals surface area contributed by atoms with Crippen molar-refractivity contribution in [2.24, 2.45) is 0 Å². The van der Waals surface area contributed by atoms with Gasteiger partial charge in [0.05, 0.1) is 14.2 Å². The molecule has 2 aromatic rings. The van der Waals surface area contributed by atoms with Crippen molar-refractivity contribution in [2.75, 3.05) is 14.2 Å². The summed E-state index contributed by atoms with van der Waals surface area (Å²) in [4.78, 5) is 0. The average Bonchev–Trinajstić information content (AvgIpc) is 2.48. The Kier molecular flexibility index (Phi) is 4.81. The molecule has 0 amide bonds. The van der Waals surface area contributed by atoms with Crippen molar-refractivity contribution in [1.29, 1.82) is 0 Å². The highest BCUT2D eigenvalue weighted by molar-refractivity contribution is 5.32. The lowest BCUT2D eigenvalue weighted by atomic mass is 10.2. The summed E-state index contributed by atoms with van der Waals surface area (Å²) < 4.78 is 10.6. The highest BCUT2D eigenvalue weighted by atomic mass is 16.5. The molecular weight excluding hydrogens is 238 g/mol. The summed E-state index contributed by atoms with van der Waals surface area (Å²) in [7, 11) is 3.40. The molecule has 0 saturated carbocycles. The van der Waals surface area contributed by atoms with E-state index in [1.54, 1.807) is 14.2 Å². The van der Waals surface area contributed by atoms with Crippen molar-refractivity contribution >= 4 is 0 Å². The predicted molar refractivity (Wildman–Crippen MR) is 75.3 cm³/mol. The minimum absolute atomic E-state index is 0.904. The lowest BCUT2D eigenvalue weighted by molar-refractivity contribution is -0.686. The van der Waals surface area contributed by atoms with E-state index in [0.29, 0.717) is 0 Å². The third-order valence-electron chi connectivity index (χ3n) is 3.07. The van der Waals surface area contributed by atoms with Gasteiger partial charge in [0.25, 0.3) is 0 Å². The van der Waals surface area contributed by atoms with E-state index in [0.717, 1.165) is 24.6 Å². The second kappa shape index (κ2) is 6.81. The largest absolute Gasteiger partial charge is 0.497 e. The Labute approximate surface area is 114 Å². The monoisotopic (exact) mass is 258 g/mol. The van der Waals surface area contributed by atoms with Crippen molar-refractivity contribution in [3.63, 3.8) is 0 Å². The summed E-state index contributed by atoms with van der Waals surface area (Å²) in [6, 6.07) is 16.3. The van der Waals surface area contributed by atoms with Crippen LogP contribution in [0.1, 0.15) is 11.1 Å². The molecule has 3 heteroatoms. The number of nitrogens with two attached hydrogens (primary N) is 1. The van der Waals surface area contributed by atoms with Crippen LogP contribution >= 0.6 is 0 Å². The van der Waals surface area contributed by atoms with Crippen LogP contribution in [0.25, 0.3) is 0 Å². The van der Waals surface area contributed by atoms with E-state index >= 15 is 0 Å². The molecule has 0 heterocycles. The van der Waals surface area contributed by atoms with E-state index in [9.17, 15) is 0 Å². The van der Waals surface area contributed by atoms with Gasteiger partial charge in [-0.3, -0.25) is 0 Å². The molecule has 0 fully saturated rings. The third kappa shape index (κ3) is 3.73. The van der Waals surface area contributed by atoms with Crippen LogP contribution in [0.3, 0.4) is 0 Å². The molecule has 0 aliphatic carbocycles. The summed E-state index contributed by atoms with van der Waals surface area (Å²) in [5.74, 6) is 1.85. The summed E-state index contributed by atoms with van der Waals surface area (Å²) in [6.07, 6.45) is 0. The molecule has 0 aromatic heterocycles. The van der Waals surface area contributed by atoms with Crippen molar-refractivity contribution in [3.8, 4) is 11.5 Å². The van der Waals surface area contributed by atoms with Crippen LogP contribution in [0.5, 0.6) is 11.5 Å². The van der Waals surface area contributed by atoms with E-state index in [1.165, 1.54) is 11.1 Å². The van der Waals surface area contributed by atoms with E-state index in [1.807, 2.05) is 30.3 Å². The Bertz CT molecular complexity index is 526. The molecular formula is C16H20NO2+. The van der Waals surface area contributed by atoms with Gasteiger partial charge >= 0.3 is 0 Å². The maximum atomic E-state index is 5.34. The van der Waals surface area contributed by atoms with Gasteiger partial charge in [0.1, 0.15) is 24.6 Å². The minimum Gasteiger partial charge on any atom is -0.497 e.